The summed E-state index contributed by atoms with van der Waals surface area (Å²) in [5.74, 6) is 0. The van der Waals surface area contributed by atoms with Crippen molar-refractivity contribution in [3.05, 3.63) is 28.2 Å². The summed E-state index contributed by atoms with van der Waals surface area (Å²) < 4.78 is 0. The molecule has 0 aliphatic carbocycles. The number of anilines is 1. The van der Waals surface area contributed by atoms with Crippen LogP contribution in [0.1, 0.15) is 20.3 Å². The van der Waals surface area contributed by atoms with E-state index in [-0.39, 0.29) is 5.41 Å². The first-order valence-corrected chi connectivity index (χ1v) is 6.09. The molecule has 0 bridgehead atoms. The van der Waals surface area contributed by atoms with Crippen molar-refractivity contribution >= 4 is 28.9 Å². The van der Waals surface area contributed by atoms with E-state index in [1.165, 1.54) is 0 Å². The first-order chi connectivity index (χ1) is 7.44. The zero-order valence-corrected chi connectivity index (χ0v) is 11.2. The molecule has 16 heavy (non-hydrogen) atoms. The highest BCUT2D eigenvalue weighted by Gasteiger charge is 2.14. The van der Waals surface area contributed by atoms with Gasteiger partial charge in [0.15, 0.2) is 0 Å². The summed E-state index contributed by atoms with van der Waals surface area (Å²) in [6.07, 6.45) is 0.992. The van der Waals surface area contributed by atoms with Crippen LogP contribution >= 0.6 is 23.2 Å². The van der Waals surface area contributed by atoms with Crippen molar-refractivity contribution in [3.63, 3.8) is 0 Å². The Morgan fingerprint density at radius 3 is 2.62 bits per heavy atom. The van der Waals surface area contributed by atoms with Crippen LogP contribution in [0.4, 0.5) is 5.69 Å². The molecule has 0 radical (unpaired) electrons. The Morgan fingerprint density at radius 1 is 1.31 bits per heavy atom. The van der Waals surface area contributed by atoms with Crippen molar-refractivity contribution in [2.75, 3.05) is 18.4 Å². The van der Waals surface area contributed by atoms with Crippen molar-refractivity contribution in [1.82, 2.24) is 0 Å². The normalized spacial score (nSPS) is 11.6. The molecule has 4 heteroatoms. The Hall–Kier alpha value is -0.440. The Morgan fingerprint density at radius 2 is 2.00 bits per heavy atom. The fraction of sp³-hybridized carbons (Fsp3) is 0.500. The van der Waals surface area contributed by atoms with Crippen LogP contribution in [0, 0.1) is 5.41 Å². The van der Waals surface area contributed by atoms with E-state index >= 15 is 0 Å². The SMILES string of the molecule is CC(C)(CN)CCNc1cc(Cl)ccc1Cl. The molecule has 0 saturated carbocycles. The average Bonchev–Trinajstić information content (AvgIpc) is 2.23. The molecule has 0 aliphatic rings. The Labute approximate surface area is 107 Å². The number of benzene rings is 1. The molecule has 0 spiro atoms. The lowest BCUT2D eigenvalue weighted by molar-refractivity contribution is 0.358. The van der Waals surface area contributed by atoms with Gasteiger partial charge in [0, 0.05) is 11.6 Å². The predicted octanol–water partition coefficient (Wildman–Crippen LogP) is 3.78. The zero-order valence-electron chi connectivity index (χ0n) is 9.69. The van der Waals surface area contributed by atoms with Crippen LogP contribution in [-0.2, 0) is 0 Å². The van der Waals surface area contributed by atoms with Crippen molar-refractivity contribution < 1.29 is 0 Å². The molecule has 0 heterocycles. The summed E-state index contributed by atoms with van der Waals surface area (Å²) in [4.78, 5) is 0. The lowest BCUT2D eigenvalue weighted by atomic mass is 9.90. The van der Waals surface area contributed by atoms with Crippen molar-refractivity contribution in [1.29, 1.82) is 0 Å². The van der Waals surface area contributed by atoms with Gasteiger partial charge in [-0.15, -0.1) is 0 Å². The first-order valence-electron chi connectivity index (χ1n) is 5.33. The minimum Gasteiger partial charge on any atom is -0.384 e. The van der Waals surface area contributed by atoms with Gasteiger partial charge in [-0.3, -0.25) is 0 Å². The summed E-state index contributed by atoms with van der Waals surface area (Å²) >= 11 is 11.9. The topological polar surface area (TPSA) is 38.0 Å². The number of hydrogen-bond donors (Lipinski definition) is 2. The monoisotopic (exact) mass is 260 g/mol. The third-order valence-corrected chi connectivity index (χ3v) is 3.16. The van der Waals surface area contributed by atoms with E-state index < -0.39 is 0 Å². The molecule has 3 N–H and O–H groups in total. The van der Waals surface area contributed by atoms with E-state index in [0.717, 1.165) is 18.7 Å². The molecular formula is C12H18Cl2N2. The quantitative estimate of drug-likeness (QED) is 0.846. The second-order valence-corrected chi connectivity index (χ2v) is 5.51. The lowest BCUT2D eigenvalue weighted by Gasteiger charge is -2.22. The fourth-order valence-corrected chi connectivity index (χ4v) is 1.63. The largest absolute Gasteiger partial charge is 0.384 e. The van der Waals surface area contributed by atoms with E-state index in [4.69, 9.17) is 28.9 Å². The predicted molar refractivity (Wildman–Crippen MR) is 72.4 cm³/mol. The Bertz CT molecular complexity index is 351. The fourth-order valence-electron chi connectivity index (χ4n) is 1.27. The highest BCUT2D eigenvalue weighted by molar-refractivity contribution is 6.35. The van der Waals surface area contributed by atoms with Gasteiger partial charge in [0.05, 0.1) is 10.7 Å². The minimum atomic E-state index is 0.151. The third-order valence-electron chi connectivity index (χ3n) is 2.60. The van der Waals surface area contributed by atoms with Crippen molar-refractivity contribution in [2.24, 2.45) is 11.1 Å². The van der Waals surface area contributed by atoms with Gasteiger partial charge in [-0.2, -0.15) is 0 Å². The number of nitrogens with one attached hydrogen (secondary N) is 1. The molecular weight excluding hydrogens is 243 g/mol. The third kappa shape index (κ3) is 4.20. The molecule has 1 aromatic carbocycles. The van der Waals surface area contributed by atoms with Gasteiger partial charge >= 0.3 is 0 Å². The molecule has 0 aliphatic heterocycles. The smallest absolute Gasteiger partial charge is 0.0638 e. The molecule has 0 amide bonds. The molecule has 0 fully saturated rings. The van der Waals surface area contributed by atoms with Crippen LogP contribution < -0.4 is 11.1 Å². The van der Waals surface area contributed by atoms with E-state index in [2.05, 4.69) is 19.2 Å². The lowest BCUT2D eigenvalue weighted by Crippen LogP contribution is -2.26. The summed E-state index contributed by atoms with van der Waals surface area (Å²) in [6.45, 7) is 5.81. The number of halogens is 2. The molecule has 0 aromatic heterocycles. The van der Waals surface area contributed by atoms with Gasteiger partial charge in [-0.25, -0.2) is 0 Å². The summed E-state index contributed by atoms with van der Waals surface area (Å²) in [5, 5.41) is 4.65. The second-order valence-electron chi connectivity index (χ2n) is 4.67. The summed E-state index contributed by atoms with van der Waals surface area (Å²) in [6, 6.07) is 5.40. The van der Waals surface area contributed by atoms with E-state index in [0.29, 0.717) is 16.6 Å². The molecule has 0 saturated heterocycles. The molecule has 1 rings (SSSR count). The highest BCUT2D eigenvalue weighted by Crippen LogP contribution is 2.26. The molecule has 90 valence electrons. The standard InChI is InChI=1S/C12H18Cl2N2/c1-12(2,8-15)5-6-16-11-7-9(13)3-4-10(11)14/h3-4,7,16H,5-6,8,15H2,1-2H3. The average molecular weight is 261 g/mol. The molecule has 0 unspecified atom stereocenters. The minimum absolute atomic E-state index is 0.151. The first kappa shape index (κ1) is 13.6. The summed E-state index contributed by atoms with van der Waals surface area (Å²) in [7, 11) is 0. The van der Waals surface area contributed by atoms with Crippen LogP contribution in [0.15, 0.2) is 18.2 Å². The van der Waals surface area contributed by atoms with E-state index in [1.54, 1.807) is 12.1 Å². The van der Waals surface area contributed by atoms with Gasteiger partial charge in [0.1, 0.15) is 0 Å². The van der Waals surface area contributed by atoms with Gasteiger partial charge in [-0.05, 0) is 36.6 Å². The van der Waals surface area contributed by atoms with Crippen molar-refractivity contribution in [2.45, 2.75) is 20.3 Å². The number of hydrogen-bond acceptors (Lipinski definition) is 2. The maximum absolute atomic E-state index is 6.03. The zero-order chi connectivity index (χ0) is 12.2. The highest BCUT2D eigenvalue weighted by atomic mass is 35.5. The molecule has 1 aromatic rings. The maximum atomic E-state index is 6.03. The van der Waals surface area contributed by atoms with Gasteiger partial charge in [0.25, 0.3) is 0 Å². The second kappa shape index (κ2) is 5.76. The van der Waals surface area contributed by atoms with Crippen molar-refractivity contribution in [3.8, 4) is 0 Å². The molecule has 0 atom stereocenters. The molecule has 2 nitrogen and oxygen atoms in total. The maximum Gasteiger partial charge on any atom is 0.0638 e. The van der Waals surface area contributed by atoms with Gasteiger partial charge in [-0.1, -0.05) is 37.0 Å². The number of nitrogens with two attached hydrogens (primary N) is 1. The van der Waals surface area contributed by atoms with Crippen LogP contribution in [0.5, 0.6) is 0 Å². The van der Waals surface area contributed by atoms with Crippen LogP contribution in [0.2, 0.25) is 10.0 Å². The van der Waals surface area contributed by atoms with E-state index in [9.17, 15) is 0 Å². The van der Waals surface area contributed by atoms with Gasteiger partial charge < -0.3 is 11.1 Å². The number of rotatable bonds is 5. The van der Waals surface area contributed by atoms with Crippen LogP contribution in [0.25, 0.3) is 0 Å². The van der Waals surface area contributed by atoms with Crippen LogP contribution in [-0.4, -0.2) is 13.1 Å². The Kier molecular flexibility index (Phi) is 4.90. The summed E-state index contributed by atoms with van der Waals surface area (Å²) in [5.41, 5.74) is 6.69. The van der Waals surface area contributed by atoms with Crippen LogP contribution in [0.3, 0.4) is 0 Å². The van der Waals surface area contributed by atoms with E-state index in [1.807, 2.05) is 6.07 Å². The van der Waals surface area contributed by atoms with Gasteiger partial charge in [0.2, 0.25) is 0 Å². The Balaban J connectivity index is 2.52.